The molecule has 0 spiro atoms. The Labute approximate surface area is 107 Å². The van der Waals surface area contributed by atoms with Gasteiger partial charge in [-0.15, -0.1) is 0 Å². The average Bonchev–Trinajstić information content (AvgIpc) is 2.68. The maximum Gasteiger partial charge on any atom is 0.251 e. The van der Waals surface area contributed by atoms with Crippen LogP contribution in [0.1, 0.15) is 42.1 Å². The Kier molecular flexibility index (Phi) is 3.72. The van der Waals surface area contributed by atoms with Gasteiger partial charge in [-0.1, -0.05) is 24.6 Å². The van der Waals surface area contributed by atoms with Crippen molar-refractivity contribution in [2.75, 3.05) is 0 Å². The van der Waals surface area contributed by atoms with E-state index in [9.17, 15) is 4.79 Å². The standard InChI is InChI=1S/C14H18ClNO/c1-9-3-6-12(7-9)16-14(17)11-5-4-10(2)13(15)8-11/h4-5,8-9,12H,3,6-7H2,1-2H3,(H,16,17). The molecule has 0 radical (unpaired) electrons. The van der Waals surface area contributed by atoms with Crippen molar-refractivity contribution in [2.24, 2.45) is 5.92 Å². The number of hydrogen-bond acceptors (Lipinski definition) is 1. The van der Waals surface area contributed by atoms with Crippen LogP contribution in [0.2, 0.25) is 5.02 Å². The molecule has 92 valence electrons. The highest BCUT2D eigenvalue weighted by Gasteiger charge is 2.23. The van der Waals surface area contributed by atoms with Gasteiger partial charge in [-0.2, -0.15) is 0 Å². The molecule has 3 heteroatoms. The second kappa shape index (κ2) is 5.09. The Balaban J connectivity index is 2.02. The molecule has 17 heavy (non-hydrogen) atoms. The fourth-order valence-corrected chi connectivity index (χ4v) is 2.52. The van der Waals surface area contributed by atoms with Gasteiger partial charge in [0, 0.05) is 16.6 Å². The van der Waals surface area contributed by atoms with E-state index in [1.54, 1.807) is 6.07 Å². The first-order chi connectivity index (χ1) is 8.06. The lowest BCUT2D eigenvalue weighted by atomic mass is 10.1. The van der Waals surface area contributed by atoms with Crippen LogP contribution in [0, 0.1) is 12.8 Å². The van der Waals surface area contributed by atoms with Crippen molar-refractivity contribution in [2.45, 2.75) is 39.2 Å². The smallest absolute Gasteiger partial charge is 0.251 e. The lowest BCUT2D eigenvalue weighted by molar-refractivity contribution is 0.0937. The van der Waals surface area contributed by atoms with Crippen molar-refractivity contribution >= 4 is 17.5 Å². The lowest BCUT2D eigenvalue weighted by Gasteiger charge is -2.12. The number of rotatable bonds is 2. The topological polar surface area (TPSA) is 29.1 Å². The Morgan fingerprint density at radius 1 is 1.41 bits per heavy atom. The van der Waals surface area contributed by atoms with Crippen LogP contribution >= 0.6 is 11.6 Å². The number of aryl methyl sites for hydroxylation is 1. The van der Waals surface area contributed by atoms with Gasteiger partial charge in [-0.05, 0) is 49.8 Å². The third-order valence-corrected chi connectivity index (χ3v) is 3.87. The molecule has 1 fully saturated rings. The minimum atomic E-state index is -0.00833. The number of carbonyl (C=O) groups is 1. The maximum absolute atomic E-state index is 12.0. The Hall–Kier alpha value is -1.02. The summed E-state index contributed by atoms with van der Waals surface area (Å²) in [6.07, 6.45) is 3.39. The van der Waals surface area contributed by atoms with Crippen LogP contribution in [0.25, 0.3) is 0 Å². The van der Waals surface area contributed by atoms with Gasteiger partial charge in [-0.25, -0.2) is 0 Å². The van der Waals surface area contributed by atoms with Crippen molar-refractivity contribution in [3.05, 3.63) is 34.3 Å². The number of hydrogen-bond donors (Lipinski definition) is 1. The number of carbonyl (C=O) groups excluding carboxylic acids is 1. The second-order valence-corrected chi connectivity index (χ2v) is 5.46. The second-order valence-electron chi connectivity index (χ2n) is 5.05. The number of benzene rings is 1. The highest BCUT2D eigenvalue weighted by atomic mass is 35.5. The monoisotopic (exact) mass is 251 g/mol. The fourth-order valence-electron chi connectivity index (χ4n) is 2.34. The number of nitrogens with one attached hydrogen (secondary N) is 1. The van der Waals surface area contributed by atoms with Crippen LogP contribution in [-0.4, -0.2) is 11.9 Å². The molecule has 0 aromatic heterocycles. The first-order valence-corrected chi connectivity index (χ1v) is 6.51. The quantitative estimate of drug-likeness (QED) is 0.856. The normalized spacial score (nSPS) is 23.7. The Bertz CT molecular complexity index is 430. The van der Waals surface area contributed by atoms with Gasteiger partial charge in [0.05, 0.1) is 0 Å². The van der Waals surface area contributed by atoms with E-state index in [-0.39, 0.29) is 5.91 Å². The summed E-state index contributed by atoms with van der Waals surface area (Å²) in [4.78, 5) is 12.0. The minimum Gasteiger partial charge on any atom is -0.349 e. The lowest BCUT2D eigenvalue weighted by Crippen LogP contribution is -2.32. The molecule has 2 rings (SSSR count). The van der Waals surface area contributed by atoms with Crippen molar-refractivity contribution in [3.63, 3.8) is 0 Å². The van der Waals surface area contributed by atoms with Gasteiger partial charge < -0.3 is 5.32 Å². The van der Waals surface area contributed by atoms with Gasteiger partial charge in [-0.3, -0.25) is 4.79 Å². The predicted molar refractivity (Wildman–Crippen MR) is 70.5 cm³/mol. The highest BCUT2D eigenvalue weighted by molar-refractivity contribution is 6.31. The Morgan fingerprint density at radius 2 is 2.18 bits per heavy atom. The molecule has 0 bridgehead atoms. The summed E-state index contributed by atoms with van der Waals surface area (Å²) < 4.78 is 0. The number of amides is 1. The summed E-state index contributed by atoms with van der Waals surface area (Å²) in [6, 6.07) is 5.78. The summed E-state index contributed by atoms with van der Waals surface area (Å²) in [6.45, 7) is 4.16. The molecule has 2 unspecified atom stereocenters. The van der Waals surface area contributed by atoms with Crippen molar-refractivity contribution < 1.29 is 4.79 Å². The highest BCUT2D eigenvalue weighted by Crippen LogP contribution is 2.25. The molecule has 1 aliphatic carbocycles. The van der Waals surface area contributed by atoms with Crippen LogP contribution in [-0.2, 0) is 0 Å². The molecular formula is C14H18ClNO. The van der Waals surface area contributed by atoms with E-state index in [0.717, 1.165) is 24.3 Å². The molecule has 1 aromatic rings. The van der Waals surface area contributed by atoms with E-state index in [1.165, 1.54) is 6.42 Å². The molecule has 2 nitrogen and oxygen atoms in total. The summed E-state index contributed by atoms with van der Waals surface area (Å²) in [5.74, 6) is 0.716. The van der Waals surface area contributed by atoms with Gasteiger partial charge in [0.1, 0.15) is 0 Å². The van der Waals surface area contributed by atoms with Crippen LogP contribution < -0.4 is 5.32 Å². The zero-order chi connectivity index (χ0) is 12.4. The van der Waals surface area contributed by atoms with Gasteiger partial charge in [0.25, 0.3) is 5.91 Å². The van der Waals surface area contributed by atoms with E-state index in [4.69, 9.17) is 11.6 Å². The molecule has 1 amide bonds. The average molecular weight is 252 g/mol. The summed E-state index contributed by atoms with van der Waals surface area (Å²) in [5.41, 5.74) is 1.65. The Morgan fingerprint density at radius 3 is 2.76 bits per heavy atom. The largest absolute Gasteiger partial charge is 0.349 e. The zero-order valence-electron chi connectivity index (χ0n) is 10.3. The van der Waals surface area contributed by atoms with Crippen LogP contribution in [0.3, 0.4) is 0 Å². The molecule has 0 saturated heterocycles. The van der Waals surface area contributed by atoms with E-state index in [2.05, 4.69) is 12.2 Å². The molecule has 1 saturated carbocycles. The van der Waals surface area contributed by atoms with E-state index < -0.39 is 0 Å². The van der Waals surface area contributed by atoms with Crippen LogP contribution in [0.15, 0.2) is 18.2 Å². The predicted octanol–water partition coefficient (Wildman–Crippen LogP) is 3.57. The summed E-state index contributed by atoms with van der Waals surface area (Å²) in [5, 5.41) is 3.73. The first-order valence-electron chi connectivity index (χ1n) is 6.13. The number of halogens is 1. The molecular weight excluding hydrogens is 234 g/mol. The van der Waals surface area contributed by atoms with Crippen LogP contribution in [0.4, 0.5) is 0 Å². The molecule has 1 N–H and O–H groups in total. The van der Waals surface area contributed by atoms with Crippen molar-refractivity contribution in [1.29, 1.82) is 0 Å². The van der Waals surface area contributed by atoms with Crippen molar-refractivity contribution in [3.8, 4) is 0 Å². The van der Waals surface area contributed by atoms with E-state index in [1.807, 2.05) is 19.1 Å². The third kappa shape index (κ3) is 3.01. The van der Waals surface area contributed by atoms with Crippen molar-refractivity contribution in [1.82, 2.24) is 5.32 Å². The van der Waals surface area contributed by atoms with Gasteiger partial charge in [0.15, 0.2) is 0 Å². The van der Waals surface area contributed by atoms with Gasteiger partial charge >= 0.3 is 0 Å². The third-order valence-electron chi connectivity index (χ3n) is 3.46. The summed E-state index contributed by atoms with van der Waals surface area (Å²) in [7, 11) is 0. The minimum absolute atomic E-state index is 0.00833. The van der Waals surface area contributed by atoms with Gasteiger partial charge in [0.2, 0.25) is 0 Å². The fraction of sp³-hybridized carbons (Fsp3) is 0.500. The van der Waals surface area contributed by atoms with E-state index in [0.29, 0.717) is 16.6 Å². The zero-order valence-corrected chi connectivity index (χ0v) is 11.1. The van der Waals surface area contributed by atoms with Crippen LogP contribution in [0.5, 0.6) is 0 Å². The maximum atomic E-state index is 12.0. The summed E-state index contributed by atoms with van der Waals surface area (Å²) >= 11 is 6.02. The van der Waals surface area contributed by atoms with E-state index >= 15 is 0 Å². The molecule has 1 aliphatic rings. The molecule has 2 atom stereocenters. The molecule has 0 aliphatic heterocycles. The molecule has 0 heterocycles. The SMILES string of the molecule is Cc1ccc(C(=O)NC2CCC(C)C2)cc1Cl. The first kappa shape index (κ1) is 12.4. The molecule has 1 aromatic carbocycles.